The molecule has 0 spiro atoms. The highest BCUT2D eigenvalue weighted by molar-refractivity contribution is 5.71. The van der Waals surface area contributed by atoms with Crippen LogP contribution in [0.4, 0.5) is 0 Å². The summed E-state index contributed by atoms with van der Waals surface area (Å²) in [6.07, 6.45) is 83.3. The van der Waals surface area contributed by atoms with Gasteiger partial charge in [-0.3, -0.25) is 14.4 Å². The Balaban J connectivity index is 3.98. The van der Waals surface area contributed by atoms with Gasteiger partial charge in [0.2, 0.25) is 0 Å². The standard InChI is InChI=1S/C71H130O6/c1-4-7-10-13-16-19-22-24-25-26-27-28-29-30-31-32-33-34-35-36-37-38-39-40-41-42-43-44-45-47-49-52-55-58-61-64-70(73)76-67-68(66-75-69(72)63-60-57-54-51-48-21-18-15-12-9-6-3)77-71(74)65-62-59-56-53-50-46-23-20-17-14-11-8-5-2/h8,11,15,17-18,20,46,50,68H,4-7,9-10,12-14,16,19,21-45,47-49,51-67H2,1-3H3/b11-8-,18-15-,20-17-,50-46-. The van der Waals surface area contributed by atoms with E-state index in [4.69, 9.17) is 14.2 Å². The second-order valence-corrected chi connectivity index (χ2v) is 23.1. The maximum absolute atomic E-state index is 12.8. The van der Waals surface area contributed by atoms with Gasteiger partial charge in [-0.2, -0.15) is 0 Å². The van der Waals surface area contributed by atoms with Gasteiger partial charge in [0.1, 0.15) is 13.2 Å². The monoisotopic (exact) mass is 1080 g/mol. The highest BCUT2D eigenvalue weighted by atomic mass is 16.6. The molecule has 0 aliphatic rings. The summed E-state index contributed by atoms with van der Waals surface area (Å²) in [6, 6.07) is 0. The summed E-state index contributed by atoms with van der Waals surface area (Å²) in [5.74, 6) is -0.909. The third kappa shape index (κ3) is 64.1. The van der Waals surface area contributed by atoms with Gasteiger partial charge in [0.25, 0.3) is 0 Å². The molecule has 0 aromatic carbocycles. The number of ether oxygens (including phenoxy) is 3. The van der Waals surface area contributed by atoms with Gasteiger partial charge in [0.05, 0.1) is 0 Å². The predicted molar refractivity (Wildman–Crippen MR) is 335 cm³/mol. The Morgan fingerprint density at radius 2 is 0.519 bits per heavy atom. The van der Waals surface area contributed by atoms with Gasteiger partial charge in [-0.15, -0.1) is 0 Å². The van der Waals surface area contributed by atoms with Crippen molar-refractivity contribution in [3.05, 3.63) is 48.6 Å². The van der Waals surface area contributed by atoms with E-state index in [1.165, 1.54) is 238 Å². The highest BCUT2D eigenvalue weighted by Crippen LogP contribution is 2.18. The van der Waals surface area contributed by atoms with E-state index in [2.05, 4.69) is 69.4 Å². The number of carbonyl (C=O) groups is 3. The van der Waals surface area contributed by atoms with Crippen LogP contribution in [0.2, 0.25) is 0 Å². The Morgan fingerprint density at radius 3 is 0.857 bits per heavy atom. The summed E-state index contributed by atoms with van der Waals surface area (Å²) in [7, 11) is 0. The number of rotatable bonds is 63. The first kappa shape index (κ1) is 74.4. The highest BCUT2D eigenvalue weighted by Gasteiger charge is 2.19. The fraction of sp³-hybridized carbons (Fsp3) is 0.845. The van der Waals surface area contributed by atoms with E-state index in [9.17, 15) is 14.4 Å². The zero-order valence-electron chi connectivity index (χ0n) is 51.7. The molecule has 0 fully saturated rings. The third-order valence-corrected chi connectivity index (χ3v) is 15.3. The number of esters is 3. The van der Waals surface area contributed by atoms with Gasteiger partial charge in [-0.05, 0) is 70.6 Å². The summed E-state index contributed by atoms with van der Waals surface area (Å²) in [5, 5.41) is 0. The molecular weight excluding hydrogens is 949 g/mol. The summed E-state index contributed by atoms with van der Waals surface area (Å²) in [4.78, 5) is 38.1. The van der Waals surface area contributed by atoms with Crippen molar-refractivity contribution >= 4 is 17.9 Å². The van der Waals surface area contributed by atoms with Crippen LogP contribution in [0, 0.1) is 0 Å². The summed E-state index contributed by atoms with van der Waals surface area (Å²) in [6.45, 7) is 6.50. The van der Waals surface area contributed by atoms with Crippen LogP contribution in [0.3, 0.4) is 0 Å². The van der Waals surface area contributed by atoms with Gasteiger partial charge < -0.3 is 14.2 Å². The SMILES string of the molecule is CC/C=C\C/C=C\C/C=C\CCCCCC(=O)OC(COC(=O)CCCCCCC/C=C\CCCC)COC(=O)CCCCCCCCCCCCCCCCCCCCCCCCCCCCCCCCCCCCC. The molecule has 0 bridgehead atoms. The minimum atomic E-state index is -0.790. The predicted octanol–water partition coefficient (Wildman–Crippen LogP) is 23.3. The molecule has 450 valence electrons. The second kappa shape index (κ2) is 65.9. The summed E-state index contributed by atoms with van der Waals surface area (Å²) in [5.41, 5.74) is 0. The smallest absolute Gasteiger partial charge is 0.306 e. The third-order valence-electron chi connectivity index (χ3n) is 15.3. The van der Waals surface area contributed by atoms with Crippen molar-refractivity contribution in [2.24, 2.45) is 0 Å². The van der Waals surface area contributed by atoms with Gasteiger partial charge in [-0.25, -0.2) is 0 Å². The van der Waals surface area contributed by atoms with Crippen LogP contribution in [-0.4, -0.2) is 37.2 Å². The van der Waals surface area contributed by atoms with Gasteiger partial charge in [0.15, 0.2) is 6.10 Å². The molecule has 0 saturated carbocycles. The molecule has 0 radical (unpaired) electrons. The van der Waals surface area contributed by atoms with Crippen molar-refractivity contribution in [2.75, 3.05) is 13.2 Å². The second-order valence-electron chi connectivity index (χ2n) is 23.1. The molecular formula is C71H130O6. The maximum Gasteiger partial charge on any atom is 0.306 e. The molecule has 6 nitrogen and oxygen atoms in total. The molecule has 1 atom stereocenters. The number of unbranched alkanes of at least 4 members (excludes halogenated alkanes) is 44. The van der Waals surface area contributed by atoms with Gasteiger partial charge in [0, 0.05) is 19.3 Å². The average Bonchev–Trinajstić information content (AvgIpc) is 3.43. The van der Waals surface area contributed by atoms with Crippen molar-refractivity contribution in [1.82, 2.24) is 0 Å². The fourth-order valence-electron chi connectivity index (χ4n) is 10.2. The summed E-state index contributed by atoms with van der Waals surface area (Å²) < 4.78 is 16.8. The van der Waals surface area contributed by atoms with Crippen molar-refractivity contribution < 1.29 is 28.6 Å². The minimum absolute atomic E-state index is 0.0848. The van der Waals surface area contributed by atoms with E-state index in [-0.39, 0.29) is 31.1 Å². The quantitative estimate of drug-likeness (QED) is 0.0261. The van der Waals surface area contributed by atoms with Crippen LogP contribution < -0.4 is 0 Å². The number of allylic oxidation sites excluding steroid dienone is 8. The summed E-state index contributed by atoms with van der Waals surface area (Å²) >= 11 is 0. The molecule has 0 N–H and O–H groups in total. The molecule has 1 unspecified atom stereocenters. The van der Waals surface area contributed by atoms with E-state index in [1.54, 1.807) is 0 Å². The Labute approximate surface area is 479 Å². The van der Waals surface area contributed by atoms with Crippen molar-refractivity contribution in [2.45, 2.75) is 374 Å². The van der Waals surface area contributed by atoms with E-state index >= 15 is 0 Å². The lowest BCUT2D eigenvalue weighted by Gasteiger charge is -2.18. The van der Waals surface area contributed by atoms with Crippen LogP contribution >= 0.6 is 0 Å². The molecule has 0 amide bonds. The Hall–Kier alpha value is -2.63. The van der Waals surface area contributed by atoms with Gasteiger partial charge >= 0.3 is 17.9 Å². The largest absolute Gasteiger partial charge is 0.462 e. The van der Waals surface area contributed by atoms with E-state index < -0.39 is 6.10 Å². The number of hydrogen-bond acceptors (Lipinski definition) is 6. The lowest BCUT2D eigenvalue weighted by atomic mass is 10.0. The number of hydrogen-bond donors (Lipinski definition) is 0. The Morgan fingerprint density at radius 1 is 0.273 bits per heavy atom. The molecule has 77 heavy (non-hydrogen) atoms. The molecule has 0 rings (SSSR count). The first-order chi connectivity index (χ1) is 38.0. The molecule has 0 aromatic rings. The minimum Gasteiger partial charge on any atom is -0.462 e. The zero-order chi connectivity index (χ0) is 55.7. The maximum atomic E-state index is 12.8. The van der Waals surface area contributed by atoms with Crippen molar-refractivity contribution in [3.8, 4) is 0 Å². The lowest BCUT2D eigenvalue weighted by molar-refractivity contribution is -0.167. The molecule has 6 heteroatoms. The topological polar surface area (TPSA) is 78.9 Å². The lowest BCUT2D eigenvalue weighted by Crippen LogP contribution is -2.30. The number of carbonyl (C=O) groups excluding carboxylic acids is 3. The van der Waals surface area contributed by atoms with Crippen molar-refractivity contribution in [1.29, 1.82) is 0 Å². The Kier molecular flexibility index (Phi) is 63.6. The molecule has 0 aliphatic carbocycles. The van der Waals surface area contributed by atoms with Crippen LogP contribution in [0.5, 0.6) is 0 Å². The zero-order valence-corrected chi connectivity index (χ0v) is 51.7. The van der Waals surface area contributed by atoms with Crippen LogP contribution in [0.25, 0.3) is 0 Å². The van der Waals surface area contributed by atoms with E-state index in [1.807, 2.05) is 0 Å². The molecule has 0 heterocycles. The average molecular weight is 1080 g/mol. The fourth-order valence-corrected chi connectivity index (χ4v) is 10.2. The Bertz CT molecular complexity index is 1330. The van der Waals surface area contributed by atoms with Crippen LogP contribution in [0.15, 0.2) is 48.6 Å². The van der Waals surface area contributed by atoms with Crippen LogP contribution in [-0.2, 0) is 28.6 Å². The molecule has 0 aromatic heterocycles. The first-order valence-electron chi connectivity index (χ1n) is 34.1. The normalized spacial score (nSPS) is 12.3. The molecule has 0 saturated heterocycles. The van der Waals surface area contributed by atoms with Crippen LogP contribution in [0.1, 0.15) is 367 Å². The van der Waals surface area contributed by atoms with Crippen molar-refractivity contribution in [3.63, 3.8) is 0 Å². The van der Waals surface area contributed by atoms with E-state index in [0.29, 0.717) is 19.3 Å². The van der Waals surface area contributed by atoms with E-state index in [0.717, 1.165) is 89.9 Å². The molecule has 0 aliphatic heterocycles. The van der Waals surface area contributed by atoms with Gasteiger partial charge in [-0.1, -0.05) is 326 Å². The first-order valence-corrected chi connectivity index (χ1v) is 34.1.